The molecule has 2 atom stereocenters. The summed E-state index contributed by atoms with van der Waals surface area (Å²) in [5.41, 5.74) is -0.499. The first kappa shape index (κ1) is 13.2. The third-order valence-corrected chi connectivity index (χ3v) is 1.72. The van der Waals surface area contributed by atoms with Crippen LogP contribution in [-0.2, 0) is 9.20 Å². The Kier molecular flexibility index (Phi) is 5.96. The molecule has 0 saturated heterocycles. The maximum atomic E-state index is 9.29. The minimum absolute atomic E-state index is 0.122. The summed E-state index contributed by atoms with van der Waals surface area (Å²) < 4.78 is 8.03. The van der Waals surface area contributed by atoms with Crippen LogP contribution in [0, 0.1) is 12.3 Å². The number of aliphatic hydroxyl groups excluding tert-OH is 1. The summed E-state index contributed by atoms with van der Waals surface area (Å²) in [5, 5.41) is 17.2. The van der Waals surface area contributed by atoms with E-state index in [1.54, 1.807) is 13.8 Å². The fourth-order valence-corrected chi connectivity index (χ4v) is 1.19. The largest absolute Gasteiger partial charge is 0.391 e. The zero-order valence-corrected chi connectivity index (χ0v) is 8.57. The lowest BCUT2D eigenvalue weighted by Gasteiger charge is -2.21. The molecule has 0 rings (SSSR count). The fraction of sp³-hybridized carbons (Fsp3) is 0.857. The first-order chi connectivity index (χ1) is 5.85. The van der Waals surface area contributed by atoms with Crippen molar-refractivity contribution in [3.8, 4) is 0 Å². The van der Waals surface area contributed by atoms with Gasteiger partial charge in [0.25, 0.3) is 0 Å². The van der Waals surface area contributed by atoms with Gasteiger partial charge in [-0.1, -0.05) is 13.8 Å². The van der Waals surface area contributed by atoms with Gasteiger partial charge in [-0.2, -0.15) is 4.67 Å². The molecule has 2 unspecified atom stereocenters. The molecule has 0 aromatic heterocycles. The predicted octanol–water partition coefficient (Wildman–Crippen LogP) is 1.20. The molecule has 13 heavy (non-hydrogen) atoms. The molecule has 0 aliphatic carbocycles. The first-order valence-corrected chi connectivity index (χ1v) is 4.88. The van der Waals surface area contributed by atoms with Crippen LogP contribution in [0.4, 0.5) is 0 Å². The molecule has 0 spiro atoms. The summed E-state index contributed by atoms with van der Waals surface area (Å²) >= 11 is 0. The minimum Gasteiger partial charge on any atom is -0.391 e. The average Bonchev–Trinajstić information content (AvgIpc) is 1.97. The second-order valence-corrected chi connectivity index (χ2v) is 4.36. The van der Waals surface area contributed by atoms with E-state index in [0.29, 0.717) is 6.42 Å². The highest BCUT2D eigenvalue weighted by atomic mass is 31.2. The van der Waals surface area contributed by atoms with Gasteiger partial charge in [0, 0.05) is 0 Å². The van der Waals surface area contributed by atoms with E-state index in [9.17, 15) is 5.11 Å². The Morgan fingerprint density at radius 1 is 1.54 bits per heavy atom. The molecule has 0 saturated carbocycles. The summed E-state index contributed by atoms with van der Waals surface area (Å²) in [6.07, 6.45) is -0.450. The Morgan fingerprint density at radius 3 is 2.46 bits per heavy atom. The van der Waals surface area contributed by atoms with Crippen molar-refractivity contribution in [3.05, 3.63) is 6.92 Å². The van der Waals surface area contributed by atoms with E-state index in [1.807, 2.05) is 0 Å². The molecule has 0 heterocycles. The maximum absolute atomic E-state index is 9.29. The van der Waals surface area contributed by atoms with Crippen molar-refractivity contribution in [2.45, 2.75) is 26.4 Å². The predicted molar refractivity (Wildman–Crippen MR) is 47.5 cm³/mol. The van der Waals surface area contributed by atoms with Crippen LogP contribution in [0.15, 0.2) is 0 Å². The van der Waals surface area contributed by atoms with Crippen LogP contribution in [0.2, 0.25) is 0 Å². The van der Waals surface area contributed by atoms with Crippen LogP contribution in [0.25, 0.3) is 0 Å². The molecule has 78 valence electrons. The van der Waals surface area contributed by atoms with Gasteiger partial charge in [0.2, 0.25) is 0 Å². The van der Waals surface area contributed by atoms with E-state index in [4.69, 9.17) is 17.1 Å². The van der Waals surface area contributed by atoms with E-state index in [0.717, 1.165) is 0 Å². The van der Waals surface area contributed by atoms with Crippen molar-refractivity contribution >= 4 is 8.60 Å². The maximum Gasteiger partial charge on any atom is 0.359 e. The molecule has 0 aliphatic rings. The number of hydrogen-bond acceptors (Lipinski definition) is 5. The summed E-state index contributed by atoms with van der Waals surface area (Å²) in [4.78, 5) is 8.63. The second kappa shape index (κ2) is 5.86. The van der Waals surface area contributed by atoms with Crippen molar-refractivity contribution < 1.29 is 24.5 Å². The van der Waals surface area contributed by atoms with Gasteiger partial charge in [-0.25, -0.2) is 5.26 Å². The minimum atomic E-state index is -2.30. The lowest BCUT2D eigenvalue weighted by Crippen LogP contribution is -2.21. The molecule has 6 heteroatoms. The van der Waals surface area contributed by atoms with Gasteiger partial charge in [0.05, 0.1) is 12.7 Å². The van der Waals surface area contributed by atoms with Crippen molar-refractivity contribution in [1.82, 2.24) is 0 Å². The van der Waals surface area contributed by atoms with Gasteiger partial charge in [-0.15, -0.1) is 0 Å². The molecule has 0 aromatic carbocycles. The Hall–Kier alpha value is 0.230. The molecule has 0 bridgehead atoms. The first-order valence-electron chi connectivity index (χ1n) is 3.75. The van der Waals surface area contributed by atoms with Crippen LogP contribution >= 0.6 is 8.60 Å². The number of aliphatic hydroxyl groups is 1. The van der Waals surface area contributed by atoms with E-state index >= 15 is 0 Å². The molecule has 0 aromatic rings. The zero-order valence-electron chi connectivity index (χ0n) is 7.67. The third-order valence-electron chi connectivity index (χ3n) is 1.21. The zero-order chi connectivity index (χ0) is 10.5. The van der Waals surface area contributed by atoms with Crippen molar-refractivity contribution in [3.63, 3.8) is 0 Å². The number of hydrogen-bond donors (Lipinski definition) is 3. The molecule has 5 nitrogen and oxygen atoms in total. The Bertz CT molecular complexity index is 135. The highest BCUT2D eigenvalue weighted by Crippen LogP contribution is 2.31. The SMILES string of the molecule is [CH]C(C)(C)CC(O)COP(O)OO. The van der Waals surface area contributed by atoms with E-state index in [2.05, 4.69) is 9.20 Å². The van der Waals surface area contributed by atoms with Crippen molar-refractivity contribution in [2.24, 2.45) is 5.41 Å². The van der Waals surface area contributed by atoms with Gasteiger partial charge in [-0.05, 0) is 18.8 Å². The Morgan fingerprint density at radius 2 is 2.08 bits per heavy atom. The van der Waals surface area contributed by atoms with Gasteiger partial charge in [-0.3, -0.25) is 0 Å². The van der Waals surface area contributed by atoms with Gasteiger partial charge >= 0.3 is 8.60 Å². The molecular weight excluding hydrogens is 195 g/mol. The molecule has 3 N–H and O–H groups in total. The second-order valence-electron chi connectivity index (χ2n) is 3.46. The van der Waals surface area contributed by atoms with Gasteiger partial charge < -0.3 is 14.5 Å². The van der Waals surface area contributed by atoms with Gasteiger partial charge in [0.1, 0.15) is 0 Å². The smallest absolute Gasteiger partial charge is 0.359 e. The van der Waals surface area contributed by atoms with Crippen LogP contribution in [0.5, 0.6) is 0 Å². The molecule has 2 radical (unpaired) electrons. The van der Waals surface area contributed by atoms with Crippen LogP contribution in [0.1, 0.15) is 20.3 Å². The fourth-order valence-electron chi connectivity index (χ4n) is 0.840. The summed E-state index contributed by atoms with van der Waals surface area (Å²) in [5.74, 6) is 0. The lowest BCUT2D eigenvalue weighted by molar-refractivity contribution is -0.151. The molecule has 0 amide bonds. The molecular formula is C7H15O5P. The van der Waals surface area contributed by atoms with Gasteiger partial charge in [0.15, 0.2) is 0 Å². The molecule has 0 aliphatic heterocycles. The third kappa shape index (κ3) is 8.56. The molecule has 0 fully saturated rings. The highest BCUT2D eigenvalue weighted by Gasteiger charge is 2.18. The average molecular weight is 210 g/mol. The topological polar surface area (TPSA) is 79.2 Å². The monoisotopic (exact) mass is 210 g/mol. The van der Waals surface area contributed by atoms with E-state index in [1.165, 1.54) is 0 Å². The van der Waals surface area contributed by atoms with E-state index in [-0.39, 0.29) is 6.61 Å². The van der Waals surface area contributed by atoms with Crippen LogP contribution in [0.3, 0.4) is 0 Å². The highest BCUT2D eigenvalue weighted by molar-refractivity contribution is 7.40. The summed E-state index contributed by atoms with van der Waals surface area (Å²) in [6.45, 7) is 9.03. The normalized spacial score (nSPS) is 17.1. The summed E-state index contributed by atoms with van der Waals surface area (Å²) in [7, 11) is -2.30. The lowest BCUT2D eigenvalue weighted by atomic mass is 9.89. The quantitative estimate of drug-likeness (QED) is 0.348. The Labute approximate surface area is 79.2 Å². The Balaban J connectivity index is 3.57. The number of rotatable bonds is 6. The summed E-state index contributed by atoms with van der Waals surface area (Å²) in [6, 6.07) is 0. The standard InChI is InChI=1S/C7H15O5P/c1-7(2,3)4-6(8)5-11-13(10)12-9/h1,6,8-10H,4-5H2,2-3H3. The van der Waals surface area contributed by atoms with Crippen LogP contribution in [-0.4, -0.2) is 28.0 Å². The van der Waals surface area contributed by atoms with Crippen molar-refractivity contribution in [2.75, 3.05) is 6.61 Å². The van der Waals surface area contributed by atoms with Crippen LogP contribution < -0.4 is 0 Å². The van der Waals surface area contributed by atoms with E-state index < -0.39 is 20.1 Å². The van der Waals surface area contributed by atoms with Crippen molar-refractivity contribution in [1.29, 1.82) is 0 Å².